The maximum atomic E-state index is 13.6. The Morgan fingerprint density at radius 1 is 0.848 bits per heavy atom. The van der Waals surface area contributed by atoms with Crippen LogP contribution in [0.15, 0.2) is 69.9 Å². The smallest absolute Gasteiger partial charge is 0.261 e. The molecular formula is C26H23NO6. The largest absolute Gasteiger partial charge is 0.496 e. The third-order valence-electron chi connectivity index (χ3n) is 5.37. The molecule has 0 aliphatic rings. The van der Waals surface area contributed by atoms with Gasteiger partial charge in [0.25, 0.3) is 5.91 Å². The predicted octanol–water partition coefficient (Wildman–Crippen LogP) is 5.05. The second-order valence-corrected chi connectivity index (χ2v) is 7.31. The highest BCUT2D eigenvalue weighted by Gasteiger charge is 2.22. The van der Waals surface area contributed by atoms with E-state index in [0.717, 1.165) is 5.56 Å². The van der Waals surface area contributed by atoms with Gasteiger partial charge in [0, 0.05) is 0 Å². The standard InChI is InChI=1S/C26H23NO6/c1-15-8-7-10-18-23(28)22(16-12-13-20(31-3)21(14-16)32-4)26(33-24(15)18)27-25(29)17-9-5-6-11-19(17)30-2/h5-14H,1-4H3,(H,27,29). The van der Waals surface area contributed by atoms with Crippen molar-refractivity contribution < 1.29 is 23.4 Å². The first kappa shape index (κ1) is 22.0. The van der Waals surface area contributed by atoms with Crippen LogP contribution in [-0.4, -0.2) is 27.2 Å². The average molecular weight is 445 g/mol. The van der Waals surface area contributed by atoms with Crippen LogP contribution in [-0.2, 0) is 0 Å². The SMILES string of the molecule is COc1ccc(-c2c(NC(=O)c3ccccc3OC)oc3c(C)cccc3c2=O)cc1OC. The van der Waals surface area contributed by atoms with Crippen molar-refractivity contribution in [3.8, 4) is 28.4 Å². The number of anilines is 1. The number of hydrogen-bond donors (Lipinski definition) is 1. The quantitative estimate of drug-likeness (QED) is 0.447. The Balaban J connectivity index is 1.94. The highest BCUT2D eigenvalue weighted by Crippen LogP contribution is 2.36. The number of methoxy groups -OCH3 is 3. The molecule has 168 valence electrons. The molecule has 1 aromatic heterocycles. The Bertz CT molecular complexity index is 1410. The predicted molar refractivity (Wildman–Crippen MR) is 127 cm³/mol. The summed E-state index contributed by atoms with van der Waals surface area (Å²) in [5.74, 6) is 0.930. The Hall–Kier alpha value is -4.26. The number of ether oxygens (including phenoxy) is 3. The number of para-hydroxylation sites is 2. The molecule has 7 nitrogen and oxygen atoms in total. The Kier molecular flexibility index (Phi) is 6.04. The summed E-state index contributed by atoms with van der Waals surface area (Å²) in [5.41, 5.74) is 1.93. The molecular weight excluding hydrogens is 422 g/mol. The second-order valence-electron chi connectivity index (χ2n) is 7.31. The number of rotatable bonds is 6. The lowest BCUT2D eigenvalue weighted by Gasteiger charge is -2.15. The lowest BCUT2D eigenvalue weighted by Crippen LogP contribution is -2.17. The van der Waals surface area contributed by atoms with Crippen molar-refractivity contribution in [2.75, 3.05) is 26.6 Å². The molecule has 4 rings (SSSR count). The van der Waals surface area contributed by atoms with E-state index in [0.29, 0.717) is 39.3 Å². The van der Waals surface area contributed by atoms with E-state index in [1.54, 1.807) is 54.6 Å². The number of fused-ring (bicyclic) bond motifs is 1. The summed E-state index contributed by atoms with van der Waals surface area (Å²) in [6.07, 6.45) is 0. The van der Waals surface area contributed by atoms with Crippen molar-refractivity contribution in [3.63, 3.8) is 0 Å². The van der Waals surface area contributed by atoms with Crippen LogP contribution in [0.3, 0.4) is 0 Å². The van der Waals surface area contributed by atoms with Gasteiger partial charge in [0.15, 0.2) is 11.5 Å². The Morgan fingerprint density at radius 3 is 2.30 bits per heavy atom. The normalized spacial score (nSPS) is 10.7. The Morgan fingerprint density at radius 2 is 1.58 bits per heavy atom. The van der Waals surface area contributed by atoms with Crippen LogP contribution in [0.2, 0.25) is 0 Å². The third-order valence-corrected chi connectivity index (χ3v) is 5.37. The molecule has 3 aromatic carbocycles. The van der Waals surface area contributed by atoms with Crippen LogP contribution in [0.25, 0.3) is 22.1 Å². The highest BCUT2D eigenvalue weighted by atomic mass is 16.5. The number of carbonyl (C=O) groups is 1. The first-order chi connectivity index (χ1) is 16.0. The molecule has 0 unspecified atom stereocenters. The van der Waals surface area contributed by atoms with Gasteiger partial charge in [-0.1, -0.05) is 30.3 Å². The van der Waals surface area contributed by atoms with Crippen molar-refractivity contribution in [1.82, 2.24) is 0 Å². The number of carbonyl (C=O) groups excluding carboxylic acids is 1. The molecule has 0 bridgehead atoms. The number of benzene rings is 3. The maximum Gasteiger partial charge on any atom is 0.261 e. The monoisotopic (exact) mass is 445 g/mol. The summed E-state index contributed by atoms with van der Waals surface area (Å²) in [4.78, 5) is 26.7. The van der Waals surface area contributed by atoms with E-state index in [4.69, 9.17) is 18.6 Å². The van der Waals surface area contributed by atoms with Crippen LogP contribution < -0.4 is 25.0 Å². The lowest BCUT2D eigenvalue weighted by atomic mass is 10.0. The van der Waals surface area contributed by atoms with Gasteiger partial charge >= 0.3 is 0 Å². The van der Waals surface area contributed by atoms with Crippen LogP contribution in [0.4, 0.5) is 5.88 Å². The second kappa shape index (κ2) is 9.08. The van der Waals surface area contributed by atoms with Crippen LogP contribution in [0, 0.1) is 6.92 Å². The fourth-order valence-corrected chi connectivity index (χ4v) is 3.70. The van der Waals surface area contributed by atoms with Crippen molar-refractivity contribution in [1.29, 1.82) is 0 Å². The van der Waals surface area contributed by atoms with Gasteiger partial charge < -0.3 is 18.6 Å². The minimum Gasteiger partial charge on any atom is -0.496 e. The molecule has 33 heavy (non-hydrogen) atoms. The minimum absolute atomic E-state index is 0.0323. The Labute approximate surface area is 190 Å². The van der Waals surface area contributed by atoms with Crippen LogP contribution >= 0.6 is 0 Å². The molecule has 0 aliphatic carbocycles. The molecule has 4 aromatic rings. The van der Waals surface area contributed by atoms with Crippen molar-refractivity contribution in [3.05, 3.63) is 82.0 Å². The minimum atomic E-state index is -0.467. The topological polar surface area (TPSA) is 87.0 Å². The number of aryl methyl sites for hydroxylation is 1. The van der Waals surface area contributed by atoms with Crippen molar-refractivity contribution >= 4 is 22.8 Å². The summed E-state index contributed by atoms with van der Waals surface area (Å²) >= 11 is 0. The molecule has 0 fully saturated rings. The molecule has 0 spiro atoms. The van der Waals surface area contributed by atoms with Crippen LogP contribution in [0.5, 0.6) is 17.2 Å². The van der Waals surface area contributed by atoms with Crippen LogP contribution in [0.1, 0.15) is 15.9 Å². The van der Waals surface area contributed by atoms with Gasteiger partial charge in [-0.25, -0.2) is 0 Å². The summed E-state index contributed by atoms with van der Waals surface area (Å²) in [6.45, 7) is 1.84. The van der Waals surface area contributed by atoms with E-state index >= 15 is 0 Å². The zero-order chi connectivity index (χ0) is 23.5. The lowest BCUT2D eigenvalue weighted by molar-refractivity contribution is 0.102. The highest BCUT2D eigenvalue weighted by molar-refractivity contribution is 6.07. The summed E-state index contributed by atoms with van der Waals surface area (Å²) in [7, 11) is 4.53. The van der Waals surface area contributed by atoms with Gasteiger partial charge in [-0.15, -0.1) is 0 Å². The van der Waals surface area contributed by atoms with E-state index in [2.05, 4.69) is 5.32 Å². The summed E-state index contributed by atoms with van der Waals surface area (Å²) in [6, 6.07) is 17.2. The fourth-order valence-electron chi connectivity index (χ4n) is 3.70. The zero-order valence-electron chi connectivity index (χ0n) is 18.7. The van der Waals surface area contributed by atoms with E-state index in [1.807, 2.05) is 13.0 Å². The van der Waals surface area contributed by atoms with E-state index in [1.165, 1.54) is 21.3 Å². The molecule has 1 N–H and O–H groups in total. The van der Waals surface area contributed by atoms with Crippen molar-refractivity contribution in [2.45, 2.75) is 6.92 Å². The van der Waals surface area contributed by atoms with Gasteiger partial charge in [-0.05, 0) is 48.4 Å². The number of nitrogens with one attached hydrogen (secondary N) is 1. The van der Waals surface area contributed by atoms with Crippen molar-refractivity contribution in [2.24, 2.45) is 0 Å². The van der Waals surface area contributed by atoms with E-state index < -0.39 is 5.91 Å². The van der Waals surface area contributed by atoms with Gasteiger partial charge in [0.1, 0.15) is 11.3 Å². The number of hydrogen-bond acceptors (Lipinski definition) is 6. The average Bonchev–Trinajstić information content (AvgIpc) is 2.84. The molecule has 0 radical (unpaired) electrons. The van der Waals surface area contributed by atoms with Gasteiger partial charge in [0.05, 0.1) is 37.8 Å². The molecule has 7 heteroatoms. The first-order valence-electron chi connectivity index (χ1n) is 10.2. The van der Waals surface area contributed by atoms with E-state index in [-0.39, 0.29) is 16.9 Å². The van der Waals surface area contributed by atoms with Gasteiger partial charge in [0.2, 0.25) is 11.3 Å². The molecule has 0 atom stereocenters. The third kappa shape index (κ3) is 4.01. The molecule has 0 aliphatic heterocycles. The first-order valence-corrected chi connectivity index (χ1v) is 10.2. The molecule has 0 saturated heterocycles. The summed E-state index contributed by atoms with van der Waals surface area (Å²) < 4.78 is 22.1. The zero-order valence-corrected chi connectivity index (χ0v) is 18.7. The molecule has 1 amide bonds. The molecule has 1 heterocycles. The summed E-state index contributed by atoms with van der Waals surface area (Å²) in [5, 5.41) is 3.18. The van der Waals surface area contributed by atoms with Gasteiger partial charge in [-0.2, -0.15) is 0 Å². The van der Waals surface area contributed by atoms with E-state index in [9.17, 15) is 9.59 Å². The maximum absolute atomic E-state index is 13.6. The van der Waals surface area contributed by atoms with Gasteiger partial charge in [-0.3, -0.25) is 14.9 Å². The molecule has 0 saturated carbocycles. The number of amides is 1. The fraction of sp³-hybridized carbons (Fsp3) is 0.154.